The predicted molar refractivity (Wildman–Crippen MR) is 99.3 cm³/mol. The van der Waals surface area contributed by atoms with Gasteiger partial charge in [-0.05, 0) is 63.3 Å². The highest BCUT2D eigenvalue weighted by Crippen LogP contribution is 2.30. The van der Waals surface area contributed by atoms with E-state index in [4.69, 9.17) is 4.74 Å². The van der Waals surface area contributed by atoms with E-state index in [1.54, 1.807) is 0 Å². The van der Waals surface area contributed by atoms with Gasteiger partial charge in [0.25, 0.3) is 5.91 Å². The summed E-state index contributed by atoms with van der Waals surface area (Å²) in [6.45, 7) is 3.57. The summed E-state index contributed by atoms with van der Waals surface area (Å²) in [6.07, 6.45) is 7.92. The molecule has 3 fully saturated rings. The molecule has 2 amide bonds. The van der Waals surface area contributed by atoms with Crippen LogP contribution in [0.4, 0.5) is 5.69 Å². The number of rotatable bonds is 4. The number of nitrogens with one attached hydrogen (secondary N) is 1. The van der Waals surface area contributed by atoms with E-state index < -0.39 is 0 Å². The van der Waals surface area contributed by atoms with Gasteiger partial charge in [0.1, 0.15) is 5.75 Å². The maximum absolute atomic E-state index is 13.2. The van der Waals surface area contributed by atoms with Crippen LogP contribution in [0, 0.1) is 5.92 Å². The zero-order valence-electron chi connectivity index (χ0n) is 15.6. The molecular formula is C21H29N2O3+. The Labute approximate surface area is 155 Å². The molecule has 26 heavy (non-hydrogen) atoms. The molecule has 0 bridgehead atoms. The number of carbonyl (C=O) groups excluding carboxylic acids is 2. The third-order valence-electron chi connectivity index (χ3n) is 6.43. The number of likely N-dealkylation sites (tertiary alicyclic amines) is 1. The molecule has 1 aliphatic carbocycles. The summed E-state index contributed by atoms with van der Waals surface area (Å²) in [5.74, 6) is 1.43. The van der Waals surface area contributed by atoms with Gasteiger partial charge in [-0.15, -0.1) is 0 Å². The van der Waals surface area contributed by atoms with Crippen molar-refractivity contribution in [3.63, 3.8) is 0 Å². The minimum atomic E-state index is -0.194. The molecule has 4 atom stereocenters. The number of benzene rings is 1. The van der Waals surface area contributed by atoms with Crippen LogP contribution < -0.4 is 14.5 Å². The lowest BCUT2D eigenvalue weighted by atomic mass is 9.77. The van der Waals surface area contributed by atoms with Crippen molar-refractivity contribution in [3.05, 3.63) is 24.3 Å². The number of piperidine rings is 1. The van der Waals surface area contributed by atoms with Crippen molar-refractivity contribution in [2.75, 3.05) is 18.1 Å². The average Bonchev–Trinajstić information content (AvgIpc) is 2.96. The molecule has 1 N–H and O–H groups in total. The first-order valence-electron chi connectivity index (χ1n) is 10.1. The van der Waals surface area contributed by atoms with Gasteiger partial charge in [0.2, 0.25) is 5.91 Å². The zero-order valence-corrected chi connectivity index (χ0v) is 15.6. The Kier molecular flexibility index (Phi) is 4.98. The number of amides is 2. The van der Waals surface area contributed by atoms with Crippen molar-refractivity contribution in [1.29, 1.82) is 0 Å². The summed E-state index contributed by atoms with van der Waals surface area (Å²) in [4.78, 5) is 28.6. The molecule has 0 radical (unpaired) electrons. The Hall–Kier alpha value is -1.88. The molecule has 4 rings (SSSR count). The van der Waals surface area contributed by atoms with Crippen molar-refractivity contribution >= 4 is 17.5 Å². The van der Waals surface area contributed by atoms with Crippen LogP contribution in [0.5, 0.6) is 5.75 Å². The normalized spacial score (nSPS) is 31.8. The van der Waals surface area contributed by atoms with Gasteiger partial charge in [-0.2, -0.15) is 0 Å². The lowest BCUT2D eigenvalue weighted by molar-refractivity contribution is -0.950. The van der Waals surface area contributed by atoms with E-state index in [0.717, 1.165) is 18.2 Å². The molecule has 5 heteroatoms. The van der Waals surface area contributed by atoms with Crippen molar-refractivity contribution in [3.8, 4) is 5.75 Å². The highest BCUT2D eigenvalue weighted by molar-refractivity contribution is 6.21. The van der Waals surface area contributed by atoms with Crippen LogP contribution >= 0.6 is 0 Å². The number of nitrogens with zero attached hydrogens (tertiary/aromatic N) is 1. The van der Waals surface area contributed by atoms with Gasteiger partial charge in [0.05, 0.1) is 31.3 Å². The second kappa shape index (κ2) is 7.39. The molecule has 1 saturated carbocycles. The first-order chi connectivity index (χ1) is 12.7. The predicted octanol–water partition coefficient (Wildman–Crippen LogP) is 1.95. The quantitative estimate of drug-likeness (QED) is 0.838. The van der Waals surface area contributed by atoms with E-state index in [0.29, 0.717) is 24.8 Å². The number of hydrogen-bond acceptors (Lipinski definition) is 3. The molecule has 2 heterocycles. The zero-order chi connectivity index (χ0) is 18.1. The highest BCUT2D eigenvalue weighted by Gasteiger charge is 2.50. The molecule has 1 aromatic rings. The van der Waals surface area contributed by atoms with Crippen LogP contribution in [0.3, 0.4) is 0 Å². The second-order valence-electron chi connectivity index (χ2n) is 7.87. The minimum absolute atomic E-state index is 0.0135. The van der Waals surface area contributed by atoms with Crippen LogP contribution in [0.2, 0.25) is 0 Å². The minimum Gasteiger partial charge on any atom is -0.494 e. The molecule has 1 unspecified atom stereocenters. The van der Waals surface area contributed by atoms with Crippen LogP contribution in [0.25, 0.3) is 0 Å². The van der Waals surface area contributed by atoms with E-state index in [1.165, 1.54) is 48.3 Å². The van der Waals surface area contributed by atoms with Crippen LogP contribution in [0.1, 0.15) is 51.9 Å². The summed E-state index contributed by atoms with van der Waals surface area (Å²) in [5.41, 5.74) is 0.669. The fraction of sp³-hybridized carbons (Fsp3) is 0.619. The Balaban J connectivity index is 1.53. The molecule has 0 aromatic heterocycles. The highest BCUT2D eigenvalue weighted by atomic mass is 16.5. The maximum Gasteiger partial charge on any atom is 0.292 e. The SMILES string of the molecule is CCOc1ccc(N2C(=O)C[C@@H]([NH+]3CCC[C@H]4CCCC[C@@H]43)C2=O)cc1. The van der Waals surface area contributed by atoms with Gasteiger partial charge in [0, 0.05) is 5.92 Å². The largest absolute Gasteiger partial charge is 0.494 e. The fourth-order valence-electron chi connectivity index (χ4n) is 5.28. The van der Waals surface area contributed by atoms with Gasteiger partial charge < -0.3 is 9.64 Å². The molecule has 5 nitrogen and oxygen atoms in total. The van der Waals surface area contributed by atoms with E-state index in [1.807, 2.05) is 31.2 Å². The summed E-state index contributed by atoms with van der Waals surface area (Å²) in [6, 6.07) is 7.67. The molecular weight excluding hydrogens is 328 g/mol. The molecule has 1 aromatic carbocycles. The van der Waals surface area contributed by atoms with E-state index in [9.17, 15) is 9.59 Å². The van der Waals surface area contributed by atoms with Crippen molar-refractivity contribution in [2.24, 2.45) is 5.92 Å². The third kappa shape index (κ3) is 3.13. The number of fused-ring (bicyclic) bond motifs is 1. The smallest absolute Gasteiger partial charge is 0.292 e. The van der Waals surface area contributed by atoms with Crippen LogP contribution in [-0.4, -0.2) is 37.0 Å². The Morgan fingerprint density at radius 1 is 1.08 bits per heavy atom. The summed E-state index contributed by atoms with van der Waals surface area (Å²) >= 11 is 0. The number of ether oxygens (including phenoxy) is 1. The Bertz CT molecular complexity index is 670. The summed E-state index contributed by atoms with van der Waals surface area (Å²) < 4.78 is 5.46. The monoisotopic (exact) mass is 357 g/mol. The lowest BCUT2D eigenvalue weighted by Crippen LogP contribution is -3.21. The first kappa shape index (κ1) is 17.5. The first-order valence-corrected chi connectivity index (χ1v) is 10.1. The lowest BCUT2D eigenvalue weighted by Gasteiger charge is -2.43. The van der Waals surface area contributed by atoms with Gasteiger partial charge >= 0.3 is 0 Å². The Morgan fingerprint density at radius 3 is 2.58 bits per heavy atom. The van der Waals surface area contributed by atoms with Gasteiger partial charge in [-0.25, -0.2) is 4.90 Å². The van der Waals surface area contributed by atoms with Crippen LogP contribution in [-0.2, 0) is 9.59 Å². The number of carbonyl (C=O) groups is 2. The second-order valence-corrected chi connectivity index (χ2v) is 7.87. The number of hydrogen-bond donors (Lipinski definition) is 1. The average molecular weight is 357 g/mol. The van der Waals surface area contributed by atoms with Gasteiger partial charge in [-0.3, -0.25) is 9.59 Å². The standard InChI is InChI=1S/C21H28N2O3/c1-2-26-17-11-9-16(10-12-17)23-20(24)14-19(21(23)25)22-13-5-7-15-6-3-4-8-18(15)22/h9-12,15,18-19H,2-8,13-14H2,1H3/p+1/t15-,18+,19-/m1/s1. The molecule has 0 spiro atoms. The number of anilines is 1. The van der Waals surface area contributed by atoms with E-state index >= 15 is 0 Å². The number of quaternary nitrogens is 1. The van der Waals surface area contributed by atoms with Gasteiger partial charge in [0.15, 0.2) is 6.04 Å². The Morgan fingerprint density at radius 2 is 1.81 bits per heavy atom. The van der Waals surface area contributed by atoms with E-state index in [-0.39, 0.29) is 17.9 Å². The van der Waals surface area contributed by atoms with Crippen molar-refractivity contribution < 1.29 is 19.2 Å². The van der Waals surface area contributed by atoms with Crippen molar-refractivity contribution in [2.45, 2.75) is 64.0 Å². The van der Waals surface area contributed by atoms with Gasteiger partial charge in [-0.1, -0.05) is 6.42 Å². The summed E-state index contributed by atoms with van der Waals surface area (Å²) in [5, 5.41) is 0. The van der Waals surface area contributed by atoms with E-state index in [2.05, 4.69) is 0 Å². The molecule has 2 saturated heterocycles. The summed E-state index contributed by atoms with van der Waals surface area (Å²) in [7, 11) is 0. The molecule has 2 aliphatic heterocycles. The van der Waals surface area contributed by atoms with Crippen molar-refractivity contribution in [1.82, 2.24) is 0 Å². The molecule has 140 valence electrons. The third-order valence-corrected chi connectivity index (χ3v) is 6.43. The topological polar surface area (TPSA) is 51.0 Å². The maximum atomic E-state index is 13.2. The van der Waals surface area contributed by atoms with Crippen LogP contribution in [0.15, 0.2) is 24.3 Å². The fourth-order valence-corrected chi connectivity index (χ4v) is 5.28. The molecule has 3 aliphatic rings. The number of imide groups is 1.